The van der Waals surface area contributed by atoms with Crippen LogP contribution in [0.2, 0.25) is 0 Å². The SMILES string of the molecule is C=C=C=C=C=C=C=C=C=C=C=C=C=C=C=C=C=C=C=C=C=C=C=C=C=C=C=C=C=C=C=C=C=C=C=C=C=C=C=C=C=C=C=C=C=C=C=C=C=C=C=C=C=C=C=C=C=C=C=C=C=C=C. The molecule has 0 aromatic carbocycles. The van der Waals surface area contributed by atoms with Gasteiger partial charge >= 0.3 is 0 Å². The van der Waals surface area contributed by atoms with Gasteiger partial charge < -0.3 is 0 Å². The summed E-state index contributed by atoms with van der Waals surface area (Å²) in [6, 6.07) is 0. The van der Waals surface area contributed by atoms with Crippen molar-refractivity contribution in [2.24, 2.45) is 0 Å². The maximum absolute atomic E-state index is 3.31. The Bertz CT molecular complexity index is 4260. The normalized spacial score (nSPS) is 3.94. The van der Waals surface area contributed by atoms with Gasteiger partial charge in [0.2, 0.25) is 0 Å². The fourth-order valence-electron chi connectivity index (χ4n) is 1.87. The van der Waals surface area contributed by atoms with Gasteiger partial charge in [-0.1, -0.05) is 11.5 Å². The number of hydrogen-bond donors (Lipinski definition) is 0. The van der Waals surface area contributed by atoms with Crippen molar-refractivity contribution in [3.63, 3.8) is 0 Å². The van der Waals surface area contributed by atoms with Crippen molar-refractivity contribution in [2.75, 3.05) is 0 Å². The standard InChI is InChI=1S/C63H4/c1-3-5-7-9-11-13-15-17-19-21-23-25-27-29-31-33-35-37-39-41-43-45-47-49-51-53-55-57-59-61-63-62-60-58-56-54-52-50-48-46-44-42-40-38-36-34-32-30-28-26-24-22-20-18-16-14-12-10-8-6-4-2/h1-2H2. The molecule has 0 heterocycles. The molecule has 0 saturated heterocycles. The molecule has 0 bridgehead atoms. The molecule has 0 fully saturated rings. The molecule has 0 heteroatoms. The van der Waals surface area contributed by atoms with Crippen molar-refractivity contribution in [1.82, 2.24) is 0 Å². The van der Waals surface area contributed by atoms with Crippen LogP contribution >= 0.6 is 0 Å². The molecule has 0 unspecified atom stereocenters. The molecule has 256 valence electrons. The van der Waals surface area contributed by atoms with Gasteiger partial charge in [-0.3, -0.25) is 0 Å². The van der Waals surface area contributed by atoms with E-state index < -0.39 is 0 Å². The van der Waals surface area contributed by atoms with Gasteiger partial charge in [-0.05, 0) is 105 Å². The highest BCUT2D eigenvalue weighted by molar-refractivity contribution is 4.98. The van der Waals surface area contributed by atoms with Crippen molar-refractivity contribution in [1.29, 1.82) is 0 Å². The predicted molar refractivity (Wildman–Crippen MR) is 226 cm³/mol. The average molecular weight is 761 g/mol. The van der Waals surface area contributed by atoms with Crippen LogP contribution in [0.25, 0.3) is 0 Å². The van der Waals surface area contributed by atoms with Crippen LogP contribution in [0.3, 0.4) is 0 Å². The van der Waals surface area contributed by atoms with E-state index in [1.807, 2.05) is 0 Å². The lowest BCUT2D eigenvalue weighted by Crippen LogP contribution is -1.26. The summed E-state index contributed by atoms with van der Waals surface area (Å²) in [4.78, 5) is 0. The van der Waals surface area contributed by atoms with Crippen LogP contribution in [-0.4, -0.2) is 0 Å². The Kier molecular flexibility index (Phi) is 37.8. The van der Waals surface area contributed by atoms with Crippen LogP contribution in [0.1, 0.15) is 0 Å². The first-order valence-electron chi connectivity index (χ1n) is 15.7. The first kappa shape index (κ1) is 49.3. The molecule has 0 aliphatic heterocycles. The van der Waals surface area contributed by atoms with Crippen LogP contribution in [-0.2, 0) is 0 Å². The summed E-state index contributed by atoms with van der Waals surface area (Å²) in [5.41, 5.74) is 152. The molecule has 0 spiro atoms. The smallest absolute Gasteiger partial charge is 0 e. The van der Waals surface area contributed by atoms with E-state index in [4.69, 9.17) is 0 Å². The summed E-state index contributed by atoms with van der Waals surface area (Å²) in [6.07, 6.45) is 0. The first-order chi connectivity index (χ1) is 31.4. The minimum atomic E-state index is 2.37. The number of hydrogen-bond acceptors (Lipinski definition) is 0. The second-order valence-electron chi connectivity index (χ2n) is 7.73. The number of rotatable bonds is 0. The Hall–Kier alpha value is -13.7. The molecule has 0 aliphatic carbocycles. The summed E-state index contributed by atoms with van der Waals surface area (Å²) in [7, 11) is 0. The van der Waals surface area contributed by atoms with Crippen LogP contribution < -0.4 is 0 Å². The summed E-state index contributed by atoms with van der Waals surface area (Å²) < 4.78 is 0. The highest BCUT2D eigenvalue weighted by atomic mass is 13.5. The second kappa shape index (κ2) is 48.3. The average Bonchev–Trinajstić information content (AvgIpc) is 3.29. The summed E-state index contributed by atoms with van der Waals surface area (Å²) in [5.74, 6) is 0. The topological polar surface area (TPSA) is 0 Å². The molecule has 0 amide bonds. The minimum Gasteiger partial charge on any atom is -0.0687 e. The van der Waals surface area contributed by atoms with Crippen LogP contribution in [0.5, 0.6) is 0 Å². The molecule has 0 radical (unpaired) electrons. The summed E-state index contributed by atoms with van der Waals surface area (Å²) in [6.45, 7) is 6.63. The zero-order valence-corrected chi connectivity index (χ0v) is 31.9. The van der Waals surface area contributed by atoms with Crippen molar-refractivity contribution < 1.29 is 0 Å². The third-order valence-corrected chi connectivity index (χ3v) is 3.80. The van der Waals surface area contributed by atoms with Crippen molar-refractivity contribution >= 4 is 0 Å². The van der Waals surface area contributed by atoms with Crippen molar-refractivity contribution in [3.05, 3.63) is 363 Å². The molecule has 0 aromatic heterocycles. The summed E-state index contributed by atoms with van der Waals surface area (Å²) in [5, 5.41) is 0. The third-order valence-electron chi connectivity index (χ3n) is 3.80. The molecule has 0 nitrogen and oxygen atoms in total. The predicted octanol–water partition coefficient (Wildman–Crippen LogP) is 10.3. The molecule has 63 heavy (non-hydrogen) atoms. The van der Waals surface area contributed by atoms with Crippen LogP contribution in [0.4, 0.5) is 0 Å². The van der Waals surface area contributed by atoms with Gasteiger partial charge in [-0.2, -0.15) is 0 Å². The maximum Gasteiger partial charge on any atom is 0 e. The van der Waals surface area contributed by atoms with Crippen molar-refractivity contribution in [3.8, 4) is 0 Å². The van der Waals surface area contributed by atoms with E-state index in [2.05, 4.69) is 363 Å². The molecule has 0 rings (SSSR count). The van der Waals surface area contributed by atoms with E-state index in [1.54, 1.807) is 0 Å². The zero-order valence-electron chi connectivity index (χ0n) is 31.9. The van der Waals surface area contributed by atoms with E-state index in [9.17, 15) is 0 Å². The zero-order chi connectivity index (χ0) is 45.1. The second-order valence-corrected chi connectivity index (χ2v) is 7.73. The third kappa shape index (κ3) is 48.3. The van der Waals surface area contributed by atoms with Gasteiger partial charge in [-0.25, -0.2) is 0 Å². The van der Waals surface area contributed by atoms with E-state index in [-0.39, 0.29) is 0 Å². The monoisotopic (exact) mass is 760 g/mol. The molecular weight excluding hydrogens is 757 g/mol. The van der Waals surface area contributed by atoms with Gasteiger partial charge in [0.25, 0.3) is 0 Å². The Balaban J connectivity index is 6.12. The van der Waals surface area contributed by atoms with Crippen molar-refractivity contribution in [2.45, 2.75) is 0 Å². The maximum atomic E-state index is 3.31. The van der Waals surface area contributed by atoms with E-state index in [1.165, 1.54) is 0 Å². The Morgan fingerprint density at radius 1 is 0.0794 bits per heavy atom. The highest BCUT2D eigenvalue weighted by Gasteiger charge is 1.47. The largest absolute Gasteiger partial charge is 0.0687 e. The lowest BCUT2D eigenvalue weighted by molar-refractivity contribution is 2.10. The van der Waals surface area contributed by atoms with Gasteiger partial charge in [-0.15, -0.1) is 0 Å². The fraction of sp³-hybridized carbons (Fsp3) is 0. The van der Waals surface area contributed by atoms with Crippen LogP contribution in [0, 0.1) is 0 Å². The molecule has 0 N–H and O–H groups in total. The first-order valence-corrected chi connectivity index (χ1v) is 15.7. The Labute approximate surface area is 361 Å². The molecule has 0 atom stereocenters. The van der Waals surface area contributed by atoms with Gasteiger partial charge in [0, 0.05) is 246 Å². The summed E-state index contributed by atoms with van der Waals surface area (Å²) >= 11 is 0. The lowest BCUT2D eigenvalue weighted by atomic mass is 10.6. The Morgan fingerprint density at radius 2 is 0.127 bits per heavy atom. The molecular formula is C63H4. The Morgan fingerprint density at radius 3 is 0.175 bits per heavy atom. The highest BCUT2D eigenvalue weighted by Crippen LogP contribution is 1.62. The van der Waals surface area contributed by atoms with E-state index in [0.29, 0.717) is 0 Å². The van der Waals surface area contributed by atoms with E-state index in [0.717, 1.165) is 0 Å². The molecule has 0 aromatic rings. The molecule has 0 aliphatic rings. The van der Waals surface area contributed by atoms with E-state index >= 15 is 0 Å². The van der Waals surface area contributed by atoms with Crippen LogP contribution in [0.15, 0.2) is 363 Å². The van der Waals surface area contributed by atoms with Gasteiger partial charge in [0.15, 0.2) is 0 Å². The van der Waals surface area contributed by atoms with Gasteiger partial charge in [0.05, 0.1) is 0 Å². The molecule has 0 saturated carbocycles. The fourth-order valence-corrected chi connectivity index (χ4v) is 1.87. The lowest BCUT2D eigenvalue weighted by Gasteiger charge is -1.41. The van der Waals surface area contributed by atoms with Gasteiger partial charge in [0.1, 0.15) is 0 Å². The quantitative estimate of drug-likeness (QED) is 0.216. The minimum absolute atomic E-state index is 2.37.